The third kappa shape index (κ3) is 1.01. The predicted molar refractivity (Wildman–Crippen MR) is 28.0 cm³/mol. The molecule has 0 fully saturated rings. The molecule has 1 aromatic rings. The number of aliphatic hydroxyl groups is 1. The van der Waals surface area contributed by atoms with Gasteiger partial charge in [0.1, 0.15) is 6.61 Å². The maximum Gasteiger partial charge on any atom is 0.153 e. The van der Waals surface area contributed by atoms with Crippen molar-refractivity contribution in [1.82, 2.24) is 9.97 Å². The lowest BCUT2D eigenvalue weighted by Gasteiger charge is -1.87. The zero-order valence-electron chi connectivity index (χ0n) is 4.28. The number of aromatic nitrogens is 2. The van der Waals surface area contributed by atoms with E-state index >= 15 is 0 Å². The molecule has 0 aliphatic heterocycles. The second kappa shape index (κ2) is 2.37. The molecule has 0 aliphatic rings. The van der Waals surface area contributed by atoms with Crippen molar-refractivity contribution in [2.45, 2.75) is 6.61 Å². The van der Waals surface area contributed by atoms with E-state index in [1.807, 2.05) is 0 Å². The molecule has 0 radical (unpaired) electrons. The summed E-state index contributed by atoms with van der Waals surface area (Å²) in [6.07, 6.45) is 3.19. The van der Waals surface area contributed by atoms with Crippen molar-refractivity contribution in [1.29, 1.82) is 0 Å². The van der Waals surface area contributed by atoms with Gasteiger partial charge in [-0.05, 0) is 6.07 Å². The van der Waals surface area contributed by atoms with Crippen LogP contribution in [0.4, 0.5) is 0 Å². The zero-order valence-corrected chi connectivity index (χ0v) is 4.28. The van der Waals surface area contributed by atoms with Crippen LogP contribution in [0.2, 0.25) is 0 Å². The van der Waals surface area contributed by atoms with Gasteiger partial charge in [-0.25, -0.2) is 9.97 Å². The summed E-state index contributed by atoms with van der Waals surface area (Å²) in [7, 11) is 0. The number of hydrogen-bond acceptors (Lipinski definition) is 3. The summed E-state index contributed by atoms with van der Waals surface area (Å²) in [6, 6.07) is 1.71. The Morgan fingerprint density at radius 3 is 2.38 bits per heavy atom. The molecule has 3 nitrogen and oxygen atoms in total. The highest BCUT2D eigenvalue weighted by Gasteiger charge is 1.84. The van der Waals surface area contributed by atoms with Crippen LogP contribution in [0.3, 0.4) is 0 Å². The van der Waals surface area contributed by atoms with Crippen LogP contribution in [-0.4, -0.2) is 15.1 Å². The molecule has 0 aliphatic carbocycles. The summed E-state index contributed by atoms with van der Waals surface area (Å²) >= 11 is 0. The molecule has 3 heteroatoms. The Bertz CT molecular complexity index is 152. The van der Waals surface area contributed by atoms with Gasteiger partial charge >= 0.3 is 0 Å². The minimum Gasteiger partial charge on any atom is -0.388 e. The Balaban J connectivity index is 2.83. The average Bonchev–Trinajstić information content (AvgIpc) is 1.90. The van der Waals surface area contributed by atoms with Gasteiger partial charge in [0.05, 0.1) is 0 Å². The number of aliphatic hydroxyl groups excluding tert-OH is 1. The topological polar surface area (TPSA) is 46.0 Å². The van der Waals surface area contributed by atoms with Crippen molar-refractivity contribution in [3.8, 4) is 0 Å². The molecule has 1 heterocycles. The molecule has 42 valence electrons. The van der Waals surface area contributed by atoms with Crippen LogP contribution in [0.5, 0.6) is 0 Å². The second-order valence-electron chi connectivity index (χ2n) is 1.32. The van der Waals surface area contributed by atoms with Crippen LogP contribution in [0.1, 0.15) is 5.82 Å². The molecule has 1 aromatic heterocycles. The molecule has 0 bridgehead atoms. The van der Waals surface area contributed by atoms with Crippen molar-refractivity contribution in [2.24, 2.45) is 0 Å². The fourth-order valence-electron chi connectivity index (χ4n) is 0.412. The van der Waals surface area contributed by atoms with E-state index in [1.165, 1.54) is 0 Å². The number of hydrogen-bond donors (Lipinski definition) is 1. The second-order valence-corrected chi connectivity index (χ2v) is 1.32. The van der Waals surface area contributed by atoms with Gasteiger partial charge in [-0.3, -0.25) is 0 Å². The first kappa shape index (κ1) is 5.18. The van der Waals surface area contributed by atoms with Gasteiger partial charge in [0, 0.05) is 12.4 Å². The van der Waals surface area contributed by atoms with E-state index in [4.69, 9.17) is 5.11 Å². The molecule has 0 spiro atoms. The molecule has 0 atom stereocenters. The Labute approximate surface area is 47.0 Å². The third-order valence-corrected chi connectivity index (χ3v) is 0.761. The normalized spacial score (nSPS) is 9.12. The molecule has 0 aromatic carbocycles. The third-order valence-electron chi connectivity index (χ3n) is 0.761. The Morgan fingerprint density at radius 2 is 2.00 bits per heavy atom. The summed E-state index contributed by atoms with van der Waals surface area (Å²) < 4.78 is 0. The highest BCUT2D eigenvalue weighted by molar-refractivity contribution is 4.85. The number of nitrogens with zero attached hydrogens (tertiary/aromatic N) is 2. The first-order chi connectivity index (χ1) is 3.93. The van der Waals surface area contributed by atoms with Crippen LogP contribution in [0.25, 0.3) is 0 Å². The molecular weight excluding hydrogens is 104 g/mol. The lowest BCUT2D eigenvalue weighted by molar-refractivity contribution is 0.271. The van der Waals surface area contributed by atoms with Gasteiger partial charge in [-0.1, -0.05) is 0 Å². The van der Waals surface area contributed by atoms with Crippen molar-refractivity contribution in [3.63, 3.8) is 0 Å². The zero-order chi connectivity index (χ0) is 5.82. The first-order valence-electron chi connectivity index (χ1n) is 2.30. The average molecular weight is 110 g/mol. The summed E-state index contributed by atoms with van der Waals surface area (Å²) in [5, 5.41) is 8.41. The van der Waals surface area contributed by atoms with Gasteiger partial charge < -0.3 is 5.11 Å². The number of rotatable bonds is 1. The van der Waals surface area contributed by atoms with E-state index in [0.717, 1.165) is 0 Å². The van der Waals surface area contributed by atoms with Crippen LogP contribution < -0.4 is 0 Å². The summed E-state index contributed by atoms with van der Waals surface area (Å²) in [5.74, 6) is 0.465. The monoisotopic (exact) mass is 110 g/mol. The van der Waals surface area contributed by atoms with Gasteiger partial charge in [0.2, 0.25) is 0 Å². The molecule has 8 heavy (non-hydrogen) atoms. The molecular formula is C5H6N2O. The lowest BCUT2D eigenvalue weighted by atomic mass is 10.6. The Hall–Kier alpha value is -0.960. The lowest BCUT2D eigenvalue weighted by Crippen LogP contribution is -1.90. The maximum atomic E-state index is 8.41. The van der Waals surface area contributed by atoms with Crippen molar-refractivity contribution < 1.29 is 5.11 Å². The molecule has 0 amide bonds. The SMILES string of the molecule is OCc1ncccn1. The van der Waals surface area contributed by atoms with Gasteiger partial charge in [0.15, 0.2) is 5.82 Å². The molecule has 1 rings (SSSR count). The van der Waals surface area contributed by atoms with E-state index in [0.29, 0.717) is 5.82 Å². The summed E-state index contributed by atoms with van der Waals surface area (Å²) in [6.45, 7) is -0.0825. The highest BCUT2D eigenvalue weighted by Crippen LogP contribution is 1.83. The Kier molecular flexibility index (Phi) is 1.54. The van der Waals surface area contributed by atoms with Crippen LogP contribution >= 0.6 is 0 Å². The predicted octanol–water partition coefficient (Wildman–Crippen LogP) is -0.0311. The molecule has 0 saturated heterocycles. The van der Waals surface area contributed by atoms with Gasteiger partial charge in [-0.15, -0.1) is 0 Å². The van der Waals surface area contributed by atoms with Gasteiger partial charge in [-0.2, -0.15) is 0 Å². The maximum absolute atomic E-state index is 8.41. The smallest absolute Gasteiger partial charge is 0.153 e. The quantitative estimate of drug-likeness (QED) is 0.552. The summed E-state index contributed by atoms with van der Waals surface area (Å²) in [4.78, 5) is 7.47. The minimum absolute atomic E-state index is 0.0825. The van der Waals surface area contributed by atoms with Crippen LogP contribution in [0, 0.1) is 0 Å². The largest absolute Gasteiger partial charge is 0.388 e. The van der Waals surface area contributed by atoms with Crippen molar-refractivity contribution in [3.05, 3.63) is 24.3 Å². The van der Waals surface area contributed by atoms with Crippen LogP contribution in [0.15, 0.2) is 18.5 Å². The Morgan fingerprint density at radius 1 is 1.38 bits per heavy atom. The van der Waals surface area contributed by atoms with E-state index in [9.17, 15) is 0 Å². The fourth-order valence-corrected chi connectivity index (χ4v) is 0.412. The van der Waals surface area contributed by atoms with E-state index < -0.39 is 0 Å². The fraction of sp³-hybridized carbons (Fsp3) is 0.200. The molecule has 0 unspecified atom stereocenters. The van der Waals surface area contributed by atoms with Gasteiger partial charge in [0.25, 0.3) is 0 Å². The highest BCUT2D eigenvalue weighted by atomic mass is 16.3. The van der Waals surface area contributed by atoms with E-state index in [-0.39, 0.29) is 6.61 Å². The van der Waals surface area contributed by atoms with E-state index in [1.54, 1.807) is 18.5 Å². The van der Waals surface area contributed by atoms with Crippen LogP contribution in [-0.2, 0) is 6.61 Å². The molecule has 1 N–H and O–H groups in total. The van der Waals surface area contributed by atoms with E-state index in [2.05, 4.69) is 9.97 Å². The molecule has 0 saturated carbocycles. The first-order valence-corrected chi connectivity index (χ1v) is 2.30. The minimum atomic E-state index is -0.0825. The van der Waals surface area contributed by atoms with Crippen molar-refractivity contribution >= 4 is 0 Å². The standard InChI is InChI=1S/C5H6N2O/c8-4-5-6-2-1-3-7-5/h1-3,8H,4H2. The van der Waals surface area contributed by atoms with Crippen molar-refractivity contribution in [2.75, 3.05) is 0 Å². The summed E-state index contributed by atoms with van der Waals surface area (Å²) in [5.41, 5.74) is 0.